The SMILES string of the molecule is Cc1cccc(CC(=O)C2CC3CCCC(C2)N3C(=O)OCc2ccccc2)c1F. The molecule has 0 radical (unpaired) electrons. The van der Waals surface area contributed by atoms with E-state index in [0.717, 1.165) is 24.8 Å². The van der Waals surface area contributed by atoms with Crippen molar-refractivity contribution in [2.75, 3.05) is 0 Å². The lowest BCUT2D eigenvalue weighted by molar-refractivity contribution is -0.126. The molecule has 2 aliphatic heterocycles. The van der Waals surface area contributed by atoms with Gasteiger partial charge in [0.25, 0.3) is 0 Å². The van der Waals surface area contributed by atoms with Gasteiger partial charge >= 0.3 is 6.09 Å². The maximum atomic E-state index is 14.3. The Hall–Kier alpha value is -2.69. The summed E-state index contributed by atoms with van der Waals surface area (Å²) in [6.45, 7) is 1.97. The first-order valence-corrected chi connectivity index (χ1v) is 10.8. The molecule has 5 heteroatoms. The van der Waals surface area contributed by atoms with E-state index in [9.17, 15) is 14.0 Å². The summed E-state index contributed by atoms with van der Waals surface area (Å²) >= 11 is 0. The molecule has 0 aliphatic carbocycles. The van der Waals surface area contributed by atoms with Crippen molar-refractivity contribution in [2.45, 2.75) is 64.1 Å². The largest absolute Gasteiger partial charge is 0.445 e. The molecule has 2 fully saturated rings. The van der Waals surface area contributed by atoms with Crippen LogP contribution >= 0.6 is 0 Å². The highest BCUT2D eigenvalue weighted by atomic mass is 19.1. The molecule has 0 spiro atoms. The Bertz CT molecular complexity index is 900. The van der Waals surface area contributed by atoms with Crippen molar-refractivity contribution >= 4 is 11.9 Å². The second kappa shape index (κ2) is 8.99. The van der Waals surface area contributed by atoms with Gasteiger partial charge in [-0.15, -0.1) is 0 Å². The van der Waals surface area contributed by atoms with Crippen LogP contribution in [-0.4, -0.2) is 28.9 Å². The smallest absolute Gasteiger partial charge is 0.410 e. The van der Waals surface area contributed by atoms with Crippen LogP contribution < -0.4 is 0 Å². The minimum Gasteiger partial charge on any atom is -0.445 e. The Morgan fingerprint density at radius 1 is 1.03 bits per heavy atom. The van der Waals surface area contributed by atoms with Crippen molar-refractivity contribution in [1.82, 2.24) is 4.90 Å². The van der Waals surface area contributed by atoms with Crippen molar-refractivity contribution in [2.24, 2.45) is 5.92 Å². The molecule has 0 N–H and O–H groups in total. The van der Waals surface area contributed by atoms with Crippen molar-refractivity contribution in [1.29, 1.82) is 0 Å². The molecule has 0 saturated carbocycles. The van der Waals surface area contributed by atoms with Gasteiger partial charge in [-0.3, -0.25) is 4.79 Å². The van der Waals surface area contributed by atoms with E-state index < -0.39 is 0 Å². The molecule has 2 aromatic rings. The second-order valence-corrected chi connectivity index (χ2v) is 8.55. The maximum absolute atomic E-state index is 14.3. The predicted molar refractivity (Wildman–Crippen MR) is 112 cm³/mol. The third-order valence-electron chi connectivity index (χ3n) is 6.48. The van der Waals surface area contributed by atoms with E-state index in [4.69, 9.17) is 4.74 Å². The summed E-state index contributed by atoms with van der Waals surface area (Å²) in [5.74, 6) is -0.333. The zero-order valence-electron chi connectivity index (χ0n) is 17.4. The Morgan fingerprint density at radius 2 is 1.73 bits per heavy atom. The van der Waals surface area contributed by atoms with Crippen LogP contribution in [0.1, 0.15) is 48.8 Å². The summed E-state index contributed by atoms with van der Waals surface area (Å²) in [5.41, 5.74) is 1.99. The Morgan fingerprint density at radius 3 is 2.43 bits per heavy atom. The average molecular weight is 410 g/mol. The second-order valence-electron chi connectivity index (χ2n) is 8.55. The van der Waals surface area contributed by atoms with Crippen LogP contribution in [0.25, 0.3) is 0 Å². The first-order valence-electron chi connectivity index (χ1n) is 10.8. The normalized spacial score (nSPS) is 23.1. The predicted octanol–water partition coefficient (Wildman–Crippen LogP) is 5.22. The molecule has 158 valence electrons. The van der Waals surface area contributed by atoms with Crippen molar-refractivity contribution in [3.8, 4) is 0 Å². The Kier molecular flexibility index (Phi) is 6.16. The van der Waals surface area contributed by atoms with Crippen LogP contribution in [0.4, 0.5) is 9.18 Å². The van der Waals surface area contributed by atoms with Crippen LogP contribution in [-0.2, 0) is 22.6 Å². The number of hydrogen-bond donors (Lipinski definition) is 0. The van der Waals surface area contributed by atoms with Crippen molar-refractivity contribution in [3.05, 3.63) is 71.0 Å². The minimum absolute atomic E-state index is 0.0251. The topological polar surface area (TPSA) is 46.6 Å². The molecular formula is C25H28FNO3. The summed E-state index contributed by atoms with van der Waals surface area (Å²) in [6, 6.07) is 14.9. The van der Waals surface area contributed by atoms with Gasteiger partial charge in [0.15, 0.2) is 0 Å². The van der Waals surface area contributed by atoms with E-state index in [1.54, 1.807) is 25.1 Å². The lowest BCUT2D eigenvalue weighted by Crippen LogP contribution is -2.55. The number of fused-ring (bicyclic) bond motifs is 2. The highest BCUT2D eigenvalue weighted by molar-refractivity contribution is 5.84. The third-order valence-corrected chi connectivity index (χ3v) is 6.48. The van der Waals surface area contributed by atoms with Gasteiger partial charge in [-0.25, -0.2) is 9.18 Å². The monoisotopic (exact) mass is 409 g/mol. The number of piperidine rings is 2. The summed E-state index contributed by atoms with van der Waals surface area (Å²) < 4.78 is 19.9. The number of rotatable bonds is 5. The van der Waals surface area contributed by atoms with Gasteiger partial charge in [-0.2, -0.15) is 0 Å². The number of carbonyl (C=O) groups is 2. The van der Waals surface area contributed by atoms with Gasteiger partial charge in [0.2, 0.25) is 0 Å². The lowest BCUT2D eigenvalue weighted by Gasteiger charge is -2.47. The molecule has 0 aromatic heterocycles. The zero-order valence-corrected chi connectivity index (χ0v) is 17.4. The molecular weight excluding hydrogens is 381 g/mol. The average Bonchev–Trinajstić information content (AvgIpc) is 2.75. The minimum atomic E-state index is -0.288. The molecule has 2 unspecified atom stereocenters. The van der Waals surface area contributed by atoms with Gasteiger partial charge in [-0.1, -0.05) is 48.5 Å². The zero-order chi connectivity index (χ0) is 21.1. The molecule has 2 aliphatic rings. The number of amides is 1. The third kappa shape index (κ3) is 4.40. The van der Waals surface area contributed by atoms with E-state index >= 15 is 0 Å². The van der Waals surface area contributed by atoms with Crippen LogP contribution in [0.5, 0.6) is 0 Å². The molecule has 2 bridgehead atoms. The number of ketones is 1. The van der Waals surface area contributed by atoms with Gasteiger partial charge in [0.05, 0.1) is 0 Å². The molecule has 2 aromatic carbocycles. The highest BCUT2D eigenvalue weighted by Crippen LogP contribution is 2.38. The number of Topliss-reactive ketones (excluding diaryl/α,β-unsaturated/α-hetero) is 1. The van der Waals surface area contributed by atoms with E-state index in [1.807, 2.05) is 35.2 Å². The summed E-state index contributed by atoms with van der Waals surface area (Å²) in [4.78, 5) is 27.6. The highest BCUT2D eigenvalue weighted by Gasteiger charge is 2.43. The Labute approximate surface area is 177 Å². The van der Waals surface area contributed by atoms with E-state index in [2.05, 4.69) is 0 Å². The van der Waals surface area contributed by atoms with Gasteiger partial charge in [-0.05, 0) is 55.7 Å². The first-order chi connectivity index (χ1) is 14.5. The van der Waals surface area contributed by atoms with Crippen LogP contribution in [0, 0.1) is 18.7 Å². The molecule has 4 rings (SSSR count). The van der Waals surface area contributed by atoms with Gasteiger partial charge in [0.1, 0.15) is 18.2 Å². The van der Waals surface area contributed by atoms with Crippen LogP contribution in [0.3, 0.4) is 0 Å². The number of nitrogens with zero attached hydrogens (tertiary/aromatic N) is 1. The van der Waals surface area contributed by atoms with Crippen molar-refractivity contribution in [3.63, 3.8) is 0 Å². The number of aryl methyl sites for hydroxylation is 1. The molecule has 2 heterocycles. The van der Waals surface area contributed by atoms with Crippen LogP contribution in [0.15, 0.2) is 48.5 Å². The number of ether oxygens (including phenoxy) is 1. The molecule has 4 nitrogen and oxygen atoms in total. The standard InChI is InChI=1S/C25H28FNO3/c1-17-7-5-10-19(24(17)26)15-23(28)20-13-21-11-6-12-22(14-20)27(21)25(29)30-16-18-8-3-2-4-9-18/h2-5,7-10,20-22H,6,11-16H2,1H3. The van der Waals surface area contributed by atoms with E-state index in [-0.39, 0.29) is 48.7 Å². The lowest BCUT2D eigenvalue weighted by atomic mass is 9.76. The first kappa shape index (κ1) is 20.6. The number of hydrogen-bond acceptors (Lipinski definition) is 3. The molecule has 1 amide bonds. The summed E-state index contributed by atoms with van der Waals surface area (Å²) in [6.07, 6.45) is 3.96. The van der Waals surface area contributed by atoms with Crippen molar-refractivity contribution < 1.29 is 18.7 Å². The number of halogens is 1. The molecule has 30 heavy (non-hydrogen) atoms. The fourth-order valence-electron chi connectivity index (χ4n) is 4.91. The van der Waals surface area contributed by atoms with Crippen LogP contribution in [0.2, 0.25) is 0 Å². The number of benzene rings is 2. The fourth-order valence-corrected chi connectivity index (χ4v) is 4.91. The molecule has 2 saturated heterocycles. The van der Waals surface area contributed by atoms with Gasteiger partial charge in [0, 0.05) is 24.4 Å². The summed E-state index contributed by atoms with van der Waals surface area (Å²) in [5, 5.41) is 0. The quantitative estimate of drug-likeness (QED) is 0.681. The summed E-state index contributed by atoms with van der Waals surface area (Å²) in [7, 11) is 0. The van der Waals surface area contributed by atoms with E-state index in [0.29, 0.717) is 24.0 Å². The Balaban J connectivity index is 1.39. The van der Waals surface area contributed by atoms with Gasteiger partial charge < -0.3 is 9.64 Å². The van der Waals surface area contributed by atoms with E-state index in [1.165, 1.54) is 0 Å². The number of carbonyl (C=O) groups excluding carboxylic acids is 2. The maximum Gasteiger partial charge on any atom is 0.410 e. The molecule has 2 atom stereocenters. The fraction of sp³-hybridized carbons (Fsp3) is 0.440.